The first-order valence-electron chi connectivity index (χ1n) is 5.58. The van der Waals surface area contributed by atoms with E-state index < -0.39 is 11.6 Å². The Kier molecular flexibility index (Phi) is 3.85. The Balaban J connectivity index is 2.37. The number of para-hydroxylation sites is 1. The van der Waals surface area contributed by atoms with Crippen LogP contribution < -0.4 is 14.8 Å². The average Bonchev–Trinajstić information content (AvgIpc) is 2.37. The standard InChI is InChI=1S/C14H13F2NO2/c1-18-13-5-3-4-12(14(13)19-2)17-11-7-9(15)6-10(16)8-11/h3-8,17H,1-2H3. The van der Waals surface area contributed by atoms with Crippen molar-refractivity contribution in [3.63, 3.8) is 0 Å². The van der Waals surface area contributed by atoms with Crippen LogP contribution in [0.15, 0.2) is 36.4 Å². The number of benzene rings is 2. The Bertz CT molecular complexity index is 567. The molecule has 5 heteroatoms. The average molecular weight is 265 g/mol. The first-order valence-corrected chi connectivity index (χ1v) is 5.58. The lowest BCUT2D eigenvalue weighted by molar-refractivity contribution is 0.356. The van der Waals surface area contributed by atoms with Crippen molar-refractivity contribution in [3.8, 4) is 11.5 Å². The molecule has 0 radical (unpaired) electrons. The molecular weight excluding hydrogens is 252 g/mol. The highest BCUT2D eigenvalue weighted by molar-refractivity contribution is 5.70. The first-order chi connectivity index (χ1) is 9.13. The summed E-state index contributed by atoms with van der Waals surface area (Å²) >= 11 is 0. The fourth-order valence-electron chi connectivity index (χ4n) is 1.77. The molecule has 0 aliphatic heterocycles. The second-order valence-corrected chi connectivity index (χ2v) is 3.82. The monoisotopic (exact) mass is 265 g/mol. The van der Waals surface area contributed by atoms with E-state index in [1.807, 2.05) is 0 Å². The van der Waals surface area contributed by atoms with Crippen molar-refractivity contribution in [2.45, 2.75) is 0 Å². The van der Waals surface area contributed by atoms with E-state index in [1.54, 1.807) is 18.2 Å². The zero-order valence-corrected chi connectivity index (χ0v) is 10.5. The van der Waals surface area contributed by atoms with Crippen LogP contribution in [0.1, 0.15) is 0 Å². The van der Waals surface area contributed by atoms with Crippen LogP contribution in [-0.4, -0.2) is 14.2 Å². The Morgan fingerprint density at radius 3 is 2.21 bits per heavy atom. The van der Waals surface area contributed by atoms with E-state index in [9.17, 15) is 8.78 Å². The van der Waals surface area contributed by atoms with Crippen molar-refractivity contribution in [3.05, 3.63) is 48.0 Å². The summed E-state index contributed by atoms with van der Waals surface area (Å²) in [6.45, 7) is 0. The van der Waals surface area contributed by atoms with Crippen LogP contribution in [0.25, 0.3) is 0 Å². The molecule has 2 aromatic rings. The molecule has 0 aliphatic carbocycles. The maximum atomic E-state index is 13.1. The number of rotatable bonds is 4. The van der Waals surface area contributed by atoms with E-state index in [1.165, 1.54) is 26.4 Å². The molecule has 0 heterocycles. The Morgan fingerprint density at radius 2 is 1.63 bits per heavy atom. The van der Waals surface area contributed by atoms with Gasteiger partial charge in [0.15, 0.2) is 11.5 Å². The molecule has 0 saturated heterocycles. The molecule has 0 fully saturated rings. The maximum Gasteiger partial charge on any atom is 0.184 e. The molecule has 0 aliphatic rings. The van der Waals surface area contributed by atoms with Crippen LogP contribution in [0, 0.1) is 11.6 Å². The minimum atomic E-state index is -0.649. The summed E-state index contributed by atoms with van der Waals surface area (Å²) < 4.78 is 36.6. The van der Waals surface area contributed by atoms with Crippen molar-refractivity contribution in [1.29, 1.82) is 0 Å². The summed E-state index contributed by atoms with van der Waals surface area (Å²) in [5, 5.41) is 2.89. The summed E-state index contributed by atoms with van der Waals surface area (Å²) in [6.07, 6.45) is 0. The Labute approximate surface area is 109 Å². The van der Waals surface area contributed by atoms with E-state index in [-0.39, 0.29) is 0 Å². The number of hydrogen-bond donors (Lipinski definition) is 1. The second-order valence-electron chi connectivity index (χ2n) is 3.82. The van der Waals surface area contributed by atoms with Crippen molar-refractivity contribution < 1.29 is 18.3 Å². The number of nitrogens with one attached hydrogen (secondary N) is 1. The van der Waals surface area contributed by atoms with Gasteiger partial charge in [-0.05, 0) is 24.3 Å². The minimum absolute atomic E-state index is 0.295. The molecule has 3 nitrogen and oxygen atoms in total. The lowest BCUT2D eigenvalue weighted by atomic mass is 10.2. The highest BCUT2D eigenvalue weighted by Crippen LogP contribution is 2.36. The molecule has 0 atom stereocenters. The largest absolute Gasteiger partial charge is 0.493 e. The summed E-state index contributed by atoms with van der Waals surface area (Å²) in [7, 11) is 3.01. The number of methoxy groups -OCH3 is 2. The molecule has 100 valence electrons. The van der Waals surface area contributed by atoms with Gasteiger partial charge in [-0.15, -0.1) is 0 Å². The Morgan fingerprint density at radius 1 is 0.947 bits per heavy atom. The predicted molar refractivity (Wildman–Crippen MR) is 69.2 cm³/mol. The molecule has 0 aromatic heterocycles. The Hall–Kier alpha value is -2.30. The van der Waals surface area contributed by atoms with Crippen LogP contribution in [0.2, 0.25) is 0 Å². The third kappa shape index (κ3) is 2.93. The van der Waals surface area contributed by atoms with Crippen molar-refractivity contribution in [2.75, 3.05) is 19.5 Å². The molecule has 0 bridgehead atoms. The van der Waals surface area contributed by atoms with E-state index in [0.717, 1.165) is 6.07 Å². The lowest BCUT2D eigenvalue weighted by Gasteiger charge is -2.14. The number of hydrogen-bond acceptors (Lipinski definition) is 3. The SMILES string of the molecule is COc1cccc(Nc2cc(F)cc(F)c2)c1OC. The predicted octanol–water partition coefficient (Wildman–Crippen LogP) is 3.73. The van der Waals surface area contributed by atoms with Gasteiger partial charge in [0.1, 0.15) is 11.6 Å². The van der Waals surface area contributed by atoms with Gasteiger partial charge in [0.05, 0.1) is 19.9 Å². The van der Waals surface area contributed by atoms with E-state index in [2.05, 4.69) is 5.32 Å². The van der Waals surface area contributed by atoms with Crippen molar-refractivity contribution >= 4 is 11.4 Å². The zero-order chi connectivity index (χ0) is 13.8. The van der Waals surface area contributed by atoms with Gasteiger partial charge in [-0.2, -0.15) is 0 Å². The summed E-state index contributed by atoms with van der Waals surface area (Å²) in [6, 6.07) is 8.41. The summed E-state index contributed by atoms with van der Waals surface area (Å²) in [5.74, 6) is -0.298. The van der Waals surface area contributed by atoms with Gasteiger partial charge in [-0.25, -0.2) is 8.78 Å². The lowest BCUT2D eigenvalue weighted by Crippen LogP contribution is -1.98. The second kappa shape index (κ2) is 5.56. The maximum absolute atomic E-state index is 13.1. The van der Waals surface area contributed by atoms with Crippen molar-refractivity contribution in [1.82, 2.24) is 0 Å². The van der Waals surface area contributed by atoms with E-state index in [4.69, 9.17) is 9.47 Å². The highest BCUT2D eigenvalue weighted by atomic mass is 19.1. The van der Waals surface area contributed by atoms with Crippen LogP contribution >= 0.6 is 0 Å². The molecule has 2 rings (SSSR count). The molecule has 0 amide bonds. The number of anilines is 2. The van der Waals surface area contributed by atoms with E-state index >= 15 is 0 Å². The van der Waals surface area contributed by atoms with Gasteiger partial charge in [0.2, 0.25) is 0 Å². The van der Waals surface area contributed by atoms with Gasteiger partial charge in [-0.3, -0.25) is 0 Å². The zero-order valence-electron chi connectivity index (χ0n) is 10.5. The molecule has 0 unspecified atom stereocenters. The molecule has 2 aromatic carbocycles. The number of halogens is 2. The molecule has 1 N–H and O–H groups in total. The topological polar surface area (TPSA) is 30.5 Å². The van der Waals surface area contributed by atoms with Gasteiger partial charge in [0.25, 0.3) is 0 Å². The van der Waals surface area contributed by atoms with Crippen LogP contribution in [0.4, 0.5) is 20.2 Å². The van der Waals surface area contributed by atoms with Crippen LogP contribution in [0.3, 0.4) is 0 Å². The molecule has 0 spiro atoms. The third-order valence-corrected chi connectivity index (χ3v) is 2.54. The van der Waals surface area contributed by atoms with Crippen molar-refractivity contribution in [2.24, 2.45) is 0 Å². The smallest absolute Gasteiger partial charge is 0.184 e. The fraction of sp³-hybridized carbons (Fsp3) is 0.143. The van der Waals surface area contributed by atoms with Crippen LogP contribution in [0.5, 0.6) is 11.5 Å². The quantitative estimate of drug-likeness (QED) is 0.913. The summed E-state index contributed by atoms with van der Waals surface area (Å²) in [4.78, 5) is 0. The summed E-state index contributed by atoms with van der Waals surface area (Å²) in [5.41, 5.74) is 0.857. The minimum Gasteiger partial charge on any atom is -0.493 e. The first kappa shape index (κ1) is 13.1. The molecule has 19 heavy (non-hydrogen) atoms. The van der Waals surface area contributed by atoms with E-state index in [0.29, 0.717) is 22.9 Å². The van der Waals surface area contributed by atoms with Gasteiger partial charge < -0.3 is 14.8 Å². The third-order valence-electron chi connectivity index (χ3n) is 2.54. The highest BCUT2D eigenvalue weighted by Gasteiger charge is 2.10. The fourth-order valence-corrected chi connectivity index (χ4v) is 1.77. The molecular formula is C14H13F2NO2. The van der Waals surface area contributed by atoms with Crippen LogP contribution in [-0.2, 0) is 0 Å². The van der Waals surface area contributed by atoms with Gasteiger partial charge in [0, 0.05) is 11.8 Å². The van der Waals surface area contributed by atoms with Gasteiger partial charge in [-0.1, -0.05) is 6.07 Å². The number of ether oxygens (including phenoxy) is 2. The normalized spacial score (nSPS) is 10.1. The molecule has 0 saturated carbocycles. The van der Waals surface area contributed by atoms with Gasteiger partial charge >= 0.3 is 0 Å².